The lowest BCUT2D eigenvalue weighted by atomic mass is 10.1. The highest BCUT2D eigenvalue weighted by Gasteiger charge is 2.21. The van der Waals surface area contributed by atoms with Crippen molar-refractivity contribution in [1.29, 1.82) is 0 Å². The van der Waals surface area contributed by atoms with Crippen molar-refractivity contribution in [3.05, 3.63) is 64.6 Å². The molecule has 0 aliphatic carbocycles. The summed E-state index contributed by atoms with van der Waals surface area (Å²) in [5.41, 5.74) is 0.783. The first-order chi connectivity index (χ1) is 18.5. The van der Waals surface area contributed by atoms with Gasteiger partial charge in [-0.1, -0.05) is 6.08 Å². The summed E-state index contributed by atoms with van der Waals surface area (Å²) >= 11 is 0. The highest BCUT2D eigenvalue weighted by atomic mass is 19.1. The van der Waals surface area contributed by atoms with Crippen LogP contribution in [0.2, 0.25) is 0 Å². The number of pyridine rings is 2. The Balaban J connectivity index is 1.77. The average Bonchev–Trinajstić information content (AvgIpc) is 3.27. The number of aromatic amines is 1. The van der Waals surface area contributed by atoms with Crippen LogP contribution in [-0.4, -0.2) is 68.7 Å². The van der Waals surface area contributed by atoms with E-state index in [-0.39, 0.29) is 42.8 Å². The maximum absolute atomic E-state index is 14.3. The molecule has 0 bridgehead atoms. The lowest BCUT2D eigenvalue weighted by Crippen LogP contribution is -2.44. The smallest absolute Gasteiger partial charge is 0.405 e. The molecule has 0 aromatic carbocycles. The zero-order chi connectivity index (χ0) is 28.7. The van der Waals surface area contributed by atoms with Crippen molar-refractivity contribution in [2.24, 2.45) is 0 Å². The molecule has 0 aliphatic heterocycles. The molecule has 208 valence electrons. The van der Waals surface area contributed by atoms with Gasteiger partial charge in [0.15, 0.2) is 11.6 Å². The number of rotatable bonds is 11. The first-order valence-corrected chi connectivity index (χ1v) is 12.2. The molecule has 0 saturated carbocycles. The highest BCUT2D eigenvalue weighted by Crippen LogP contribution is 2.28. The summed E-state index contributed by atoms with van der Waals surface area (Å²) < 4.78 is 21.2. The van der Waals surface area contributed by atoms with Crippen molar-refractivity contribution in [3.8, 4) is 5.75 Å². The molecular formula is C26H31FN6O6. The topological polar surface area (TPSA) is 159 Å². The normalized spacial score (nSPS) is 12.1. The predicted molar refractivity (Wildman–Crippen MR) is 142 cm³/mol. The second-order valence-corrected chi connectivity index (χ2v) is 9.22. The Labute approximate surface area is 223 Å². The van der Waals surface area contributed by atoms with Crippen LogP contribution < -0.4 is 20.9 Å². The Kier molecular flexibility index (Phi) is 9.42. The molecule has 3 amide bonds. The fourth-order valence-electron chi connectivity index (χ4n) is 3.69. The molecule has 3 rings (SSSR count). The number of hydrogen-bond acceptors (Lipinski definition) is 6. The number of amides is 3. The Morgan fingerprint density at radius 3 is 2.72 bits per heavy atom. The molecule has 0 fully saturated rings. The number of nitrogens with zero attached hydrogens (tertiary/aromatic N) is 3. The average molecular weight is 543 g/mol. The lowest BCUT2D eigenvalue weighted by Gasteiger charge is -2.16. The molecule has 3 heterocycles. The van der Waals surface area contributed by atoms with E-state index in [0.717, 1.165) is 6.20 Å². The number of aromatic nitrogens is 3. The summed E-state index contributed by atoms with van der Waals surface area (Å²) in [6.45, 7) is 3.60. The molecule has 3 aromatic heterocycles. The molecule has 0 saturated heterocycles. The summed E-state index contributed by atoms with van der Waals surface area (Å²) in [4.78, 5) is 57.3. The molecule has 39 heavy (non-hydrogen) atoms. The van der Waals surface area contributed by atoms with E-state index in [2.05, 4.69) is 20.6 Å². The van der Waals surface area contributed by atoms with E-state index in [1.54, 1.807) is 46.2 Å². The second kappa shape index (κ2) is 12.7. The van der Waals surface area contributed by atoms with Crippen LogP contribution in [0.3, 0.4) is 0 Å². The molecule has 12 nitrogen and oxygen atoms in total. The van der Waals surface area contributed by atoms with E-state index >= 15 is 0 Å². The van der Waals surface area contributed by atoms with Gasteiger partial charge in [-0.25, -0.2) is 9.18 Å². The summed E-state index contributed by atoms with van der Waals surface area (Å²) in [5, 5.41) is 13.8. The summed E-state index contributed by atoms with van der Waals surface area (Å²) in [6, 6.07) is 3.46. The SMILES string of the molecule is CC(C)Oc1c(F)cnc2cc(Cn3cccc(NC(=O)C(CCC=CC(=O)N(C)C)NC(=O)O)c3=O)[nH]c12. The van der Waals surface area contributed by atoms with Crippen LogP contribution in [0.25, 0.3) is 11.0 Å². The van der Waals surface area contributed by atoms with Crippen LogP contribution in [0.4, 0.5) is 14.9 Å². The second-order valence-electron chi connectivity index (χ2n) is 9.22. The number of allylic oxidation sites excluding steroid dienone is 1. The Bertz CT molecular complexity index is 1440. The fraction of sp³-hybridized carbons (Fsp3) is 0.346. The van der Waals surface area contributed by atoms with Gasteiger partial charge in [0.1, 0.15) is 17.2 Å². The monoisotopic (exact) mass is 542 g/mol. The van der Waals surface area contributed by atoms with E-state index in [0.29, 0.717) is 16.7 Å². The quantitative estimate of drug-likeness (QED) is 0.271. The van der Waals surface area contributed by atoms with Gasteiger partial charge in [-0.3, -0.25) is 19.4 Å². The van der Waals surface area contributed by atoms with Crippen molar-refractivity contribution in [2.45, 2.75) is 45.4 Å². The number of ether oxygens (including phenoxy) is 1. The number of H-pyrrole nitrogens is 1. The first-order valence-electron chi connectivity index (χ1n) is 12.2. The minimum absolute atomic E-state index is 0.0347. The molecule has 13 heteroatoms. The zero-order valence-corrected chi connectivity index (χ0v) is 22.0. The molecule has 3 aromatic rings. The van der Waals surface area contributed by atoms with Crippen molar-refractivity contribution in [3.63, 3.8) is 0 Å². The third kappa shape index (κ3) is 7.66. The van der Waals surface area contributed by atoms with Gasteiger partial charge in [0.25, 0.3) is 5.56 Å². The maximum Gasteiger partial charge on any atom is 0.405 e. The van der Waals surface area contributed by atoms with Gasteiger partial charge in [-0.05, 0) is 51.0 Å². The van der Waals surface area contributed by atoms with Gasteiger partial charge in [0.05, 0.1) is 24.4 Å². The number of carbonyl (C=O) groups excluding carboxylic acids is 2. The lowest BCUT2D eigenvalue weighted by molar-refractivity contribution is -0.123. The van der Waals surface area contributed by atoms with Crippen molar-refractivity contribution in [1.82, 2.24) is 24.8 Å². The predicted octanol–water partition coefficient (Wildman–Crippen LogP) is 2.70. The van der Waals surface area contributed by atoms with Crippen LogP contribution in [0.1, 0.15) is 32.4 Å². The number of carboxylic acid groups (broad SMARTS) is 1. The van der Waals surface area contributed by atoms with Gasteiger partial charge >= 0.3 is 6.09 Å². The molecule has 1 unspecified atom stereocenters. The van der Waals surface area contributed by atoms with Crippen molar-refractivity contribution in [2.75, 3.05) is 19.4 Å². The maximum atomic E-state index is 14.3. The largest absolute Gasteiger partial charge is 0.486 e. The number of likely N-dealkylation sites (N-methyl/N-ethyl adjacent to an activating group) is 1. The van der Waals surface area contributed by atoms with Crippen LogP contribution in [0.15, 0.2) is 47.5 Å². The Hall–Kier alpha value is -4.68. The van der Waals surface area contributed by atoms with E-state index in [1.165, 1.54) is 27.8 Å². The highest BCUT2D eigenvalue weighted by molar-refractivity contribution is 5.96. The zero-order valence-electron chi connectivity index (χ0n) is 22.0. The fourth-order valence-corrected chi connectivity index (χ4v) is 3.69. The molecule has 0 spiro atoms. The molecular weight excluding hydrogens is 511 g/mol. The van der Waals surface area contributed by atoms with Crippen LogP contribution in [-0.2, 0) is 16.1 Å². The summed E-state index contributed by atoms with van der Waals surface area (Å²) in [5.74, 6) is -1.55. The number of halogens is 1. The first kappa shape index (κ1) is 28.9. The summed E-state index contributed by atoms with van der Waals surface area (Å²) in [7, 11) is 3.18. The standard InChI is InChI=1S/C26H31FN6O6/c1-15(2)39-23-17(27)13-28-20-12-16(29-22(20)23)14-33-11-7-9-19(25(33)36)30-24(35)18(31-26(37)38)8-5-6-10-21(34)32(3)4/h6-7,9-13,15,18,29,31H,5,8,14H2,1-4H3,(H,30,35)(H,37,38). The van der Waals surface area contributed by atoms with Crippen molar-refractivity contribution < 1.29 is 28.6 Å². The van der Waals surface area contributed by atoms with E-state index < -0.39 is 29.4 Å². The number of anilines is 1. The number of nitrogens with one attached hydrogen (secondary N) is 3. The van der Waals surface area contributed by atoms with Gasteiger partial charge in [0.2, 0.25) is 11.8 Å². The third-order valence-corrected chi connectivity index (χ3v) is 5.52. The Morgan fingerprint density at radius 1 is 1.31 bits per heavy atom. The van der Waals surface area contributed by atoms with Crippen LogP contribution >= 0.6 is 0 Å². The molecule has 4 N–H and O–H groups in total. The van der Waals surface area contributed by atoms with Gasteiger partial charge in [0, 0.05) is 26.0 Å². The van der Waals surface area contributed by atoms with E-state index in [9.17, 15) is 23.6 Å². The minimum atomic E-state index is -1.40. The van der Waals surface area contributed by atoms with E-state index in [1.807, 2.05) is 0 Å². The molecule has 0 radical (unpaired) electrons. The Morgan fingerprint density at radius 2 is 2.05 bits per heavy atom. The number of hydrogen-bond donors (Lipinski definition) is 4. The van der Waals surface area contributed by atoms with Crippen molar-refractivity contribution >= 4 is 34.6 Å². The molecule has 0 aliphatic rings. The van der Waals surface area contributed by atoms with Crippen LogP contribution in [0.5, 0.6) is 5.75 Å². The third-order valence-electron chi connectivity index (χ3n) is 5.52. The summed E-state index contributed by atoms with van der Waals surface area (Å²) in [6.07, 6.45) is 4.09. The van der Waals surface area contributed by atoms with Crippen LogP contribution in [0, 0.1) is 5.82 Å². The molecule has 1 atom stereocenters. The number of fused-ring (bicyclic) bond motifs is 1. The van der Waals surface area contributed by atoms with Gasteiger partial charge in [-0.15, -0.1) is 0 Å². The van der Waals surface area contributed by atoms with Gasteiger partial charge < -0.3 is 34.9 Å². The minimum Gasteiger partial charge on any atom is -0.486 e. The van der Waals surface area contributed by atoms with E-state index in [4.69, 9.17) is 9.84 Å². The van der Waals surface area contributed by atoms with Gasteiger partial charge in [-0.2, -0.15) is 0 Å². The number of carbonyl (C=O) groups is 3.